The summed E-state index contributed by atoms with van der Waals surface area (Å²) in [6.45, 7) is 9.31. The molecule has 7 heteroatoms. The first kappa shape index (κ1) is 28.5. The minimum Gasteiger partial charge on any atom is -0.489 e. The fourth-order valence-corrected chi connectivity index (χ4v) is 5.84. The van der Waals surface area contributed by atoms with Gasteiger partial charge in [-0.3, -0.25) is 9.80 Å². The molecular weight excluding hydrogens is 532 g/mol. The van der Waals surface area contributed by atoms with Gasteiger partial charge in [0.1, 0.15) is 18.4 Å². The number of hydrogen-bond acceptors (Lipinski definition) is 6. The van der Waals surface area contributed by atoms with Gasteiger partial charge < -0.3 is 4.74 Å². The summed E-state index contributed by atoms with van der Waals surface area (Å²) in [5, 5.41) is 13.4. The predicted molar refractivity (Wildman–Crippen MR) is 171 cm³/mol. The molecule has 0 saturated carbocycles. The molecule has 5 aromatic rings. The average Bonchev–Trinajstić information content (AvgIpc) is 3.51. The van der Waals surface area contributed by atoms with Gasteiger partial charge in [0, 0.05) is 38.3 Å². The molecule has 43 heavy (non-hydrogen) atoms. The number of piperazine rings is 1. The van der Waals surface area contributed by atoms with Crippen molar-refractivity contribution in [1.82, 2.24) is 30.0 Å². The molecular formula is C36H38N6O. The van der Waals surface area contributed by atoms with E-state index in [2.05, 4.69) is 130 Å². The number of nitrogens with zero attached hydrogens (tertiary/aromatic N) is 6. The minimum absolute atomic E-state index is 0.178. The summed E-state index contributed by atoms with van der Waals surface area (Å²) in [6, 6.07) is 35.2. The highest BCUT2D eigenvalue weighted by atomic mass is 16.5. The molecule has 0 spiro atoms. The minimum atomic E-state index is -0.178. The van der Waals surface area contributed by atoms with Crippen LogP contribution in [0.25, 0.3) is 11.8 Å². The molecule has 1 aliphatic heterocycles. The SMILES string of the molecule is Cc1cccc(C)c1-n1nnnc1[C@H](c1ccccc1OCc1ccccc1)N1CCN(C/C=C/c2ccccc2)CC1. The second-order valence-corrected chi connectivity index (χ2v) is 11.1. The Kier molecular flexibility index (Phi) is 9.02. The Hall–Kier alpha value is -4.59. The lowest BCUT2D eigenvalue weighted by atomic mass is 10.0. The van der Waals surface area contributed by atoms with Crippen LogP contribution in [0.5, 0.6) is 5.75 Å². The molecule has 0 amide bonds. The highest BCUT2D eigenvalue weighted by Crippen LogP contribution is 2.36. The third-order valence-corrected chi connectivity index (χ3v) is 8.09. The molecule has 218 valence electrons. The summed E-state index contributed by atoms with van der Waals surface area (Å²) in [4.78, 5) is 5.00. The Bertz CT molecular complexity index is 1620. The van der Waals surface area contributed by atoms with Gasteiger partial charge in [-0.15, -0.1) is 5.10 Å². The maximum Gasteiger partial charge on any atom is 0.178 e. The van der Waals surface area contributed by atoms with Gasteiger partial charge in [-0.2, -0.15) is 4.68 Å². The lowest BCUT2D eigenvalue weighted by Gasteiger charge is -2.39. The number of ether oxygens (including phenoxy) is 1. The van der Waals surface area contributed by atoms with Gasteiger partial charge in [0.2, 0.25) is 0 Å². The van der Waals surface area contributed by atoms with Crippen molar-refractivity contribution in [2.45, 2.75) is 26.5 Å². The summed E-state index contributed by atoms with van der Waals surface area (Å²) in [5.41, 5.74) is 6.72. The van der Waals surface area contributed by atoms with Crippen molar-refractivity contribution in [2.75, 3.05) is 32.7 Å². The number of hydrogen-bond donors (Lipinski definition) is 0. The molecule has 0 bridgehead atoms. The van der Waals surface area contributed by atoms with E-state index < -0.39 is 0 Å². The maximum absolute atomic E-state index is 6.48. The van der Waals surface area contributed by atoms with E-state index in [1.807, 2.05) is 28.9 Å². The van der Waals surface area contributed by atoms with Crippen LogP contribution in [0.2, 0.25) is 0 Å². The molecule has 1 fully saturated rings. The van der Waals surface area contributed by atoms with Crippen LogP contribution in [0.4, 0.5) is 0 Å². The lowest BCUT2D eigenvalue weighted by Crippen LogP contribution is -2.48. The largest absolute Gasteiger partial charge is 0.489 e. The molecule has 1 atom stereocenters. The zero-order valence-corrected chi connectivity index (χ0v) is 24.9. The van der Waals surface area contributed by atoms with Gasteiger partial charge in [-0.05, 0) is 52.6 Å². The first-order valence-corrected chi connectivity index (χ1v) is 15.0. The molecule has 4 aromatic carbocycles. The van der Waals surface area contributed by atoms with Crippen LogP contribution in [-0.4, -0.2) is 62.7 Å². The van der Waals surface area contributed by atoms with Crippen LogP contribution < -0.4 is 4.74 Å². The number of aromatic nitrogens is 4. The zero-order chi connectivity index (χ0) is 29.4. The van der Waals surface area contributed by atoms with Crippen molar-refractivity contribution in [2.24, 2.45) is 0 Å². The van der Waals surface area contributed by atoms with Crippen molar-refractivity contribution in [3.8, 4) is 11.4 Å². The molecule has 0 unspecified atom stereocenters. The van der Waals surface area contributed by atoms with Crippen LogP contribution in [0.3, 0.4) is 0 Å². The van der Waals surface area contributed by atoms with Gasteiger partial charge in [0.25, 0.3) is 0 Å². The fraction of sp³-hybridized carbons (Fsp3) is 0.250. The first-order valence-electron chi connectivity index (χ1n) is 15.0. The van der Waals surface area contributed by atoms with E-state index in [1.165, 1.54) is 5.56 Å². The third kappa shape index (κ3) is 6.74. The third-order valence-electron chi connectivity index (χ3n) is 8.09. The Labute approximate surface area is 254 Å². The molecule has 6 rings (SSSR count). The summed E-state index contributed by atoms with van der Waals surface area (Å²) in [6.07, 6.45) is 4.46. The second kappa shape index (κ2) is 13.6. The van der Waals surface area contributed by atoms with Crippen LogP contribution in [0.15, 0.2) is 109 Å². The van der Waals surface area contributed by atoms with Crippen LogP contribution in [0.1, 0.15) is 39.7 Å². The van der Waals surface area contributed by atoms with E-state index in [9.17, 15) is 0 Å². The summed E-state index contributed by atoms with van der Waals surface area (Å²) < 4.78 is 8.41. The molecule has 0 N–H and O–H groups in total. The average molecular weight is 571 g/mol. The molecule has 1 aromatic heterocycles. The van der Waals surface area contributed by atoms with Crippen molar-refractivity contribution in [1.29, 1.82) is 0 Å². The van der Waals surface area contributed by atoms with E-state index in [0.717, 1.165) is 72.2 Å². The lowest BCUT2D eigenvalue weighted by molar-refractivity contribution is 0.112. The van der Waals surface area contributed by atoms with Crippen LogP contribution in [0, 0.1) is 13.8 Å². The number of para-hydroxylation sites is 2. The number of aryl methyl sites for hydroxylation is 2. The highest BCUT2D eigenvalue weighted by Gasteiger charge is 2.33. The molecule has 0 radical (unpaired) electrons. The first-order chi connectivity index (χ1) is 21.2. The molecule has 1 saturated heterocycles. The van der Waals surface area contributed by atoms with Crippen LogP contribution in [-0.2, 0) is 6.61 Å². The summed E-state index contributed by atoms with van der Waals surface area (Å²) in [7, 11) is 0. The van der Waals surface area contributed by atoms with Gasteiger partial charge in [0.15, 0.2) is 5.82 Å². The van der Waals surface area contributed by atoms with Crippen molar-refractivity contribution >= 4 is 6.08 Å². The van der Waals surface area contributed by atoms with Crippen molar-refractivity contribution in [3.05, 3.63) is 143 Å². The van der Waals surface area contributed by atoms with E-state index in [4.69, 9.17) is 4.74 Å². The number of benzene rings is 4. The normalized spacial score (nSPS) is 15.1. The fourth-order valence-electron chi connectivity index (χ4n) is 5.84. The van der Waals surface area contributed by atoms with Gasteiger partial charge in [-0.25, -0.2) is 0 Å². The quantitative estimate of drug-likeness (QED) is 0.197. The Morgan fingerprint density at radius 2 is 1.44 bits per heavy atom. The van der Waals surface area contributed by atoms with Crippen molar-refractivity contribution < 1.29 is 4.74 Å². The molecule has 1 aliphatic rings. The summed E-state index contributed by atoms with van der Waals surface area (Å²) >= 11 is 0. The second-order valence-electron chi connectivity index (χ2n) is 11.1. The smallest absolute Gasteiger partial charge is 0.178 e. The Morgan fingerprint density at radius 3 is 2.19 bits per heavy atom. The van der Waals surface area contributed by atoms with Gasteiger partial charge in [-0.1, -0.05) is 109 Å². The Morgan fingerprint density at radius 1 is 0.767 bits per heavy atom. The Balaban J connectivity index is 1.30. The predicted octanol–water partition coefficient (Wildman–Crippen LogP) is 6.28. The standard InChI is InChI=1S/C36H38N6O/c1-28-13-11-14-29(2)34(28)42-36(37-38-39-42)35(32-20-9-10-21-33(32)43-27-31-17-7-4-8-18-31)41-25-23-40(24-26-41)22-12-19-30-15-5-3-6-16-30/h3-21,35H,22-27H2,1-2H3/b19-12+/t35-/m0/s1. The number of tetrazole rings is 1. The van der Waals surface area contributed by atoms with E-state index in [0.29, 0.717) is 6.61 Å². The molecule has 2 heterocycles. The zero-order valence-electron chi connectivity index (χ0n) is 24.9. The van der Waals surface area contributed by atoms with Gasteiger partial charge in [0.05, 0.1) is 5.69 Å². The van der Waals surface area contributed by atoms with E-state index >= 15 is 0 Å². The maximum atomic E-state index is 6.48. The van der Waals surface area contributed by atoms with E-state index in [1.54, 1.807) is 0 Å². The molecule has 7 nitrogen and oxygen atoms in total. The molecule has 0 aliphatic carbocycles. The summed E-state index contributed by atoms with van der Waals surface area (Å²) in [5.74, 6) is 1.64. The number of rotatable bonds is 10. The topological polar surface area (TPSA) is 59.3 Å². The monoisotopic (exact) mass is 570 g/mol. The highest BCUT2D eigenvalue weighted by molar-refractivity contribution is 5.49. The van der Waals surface area contributed by atoms with E-state index in [-0.39, 0.29) is 6.04 Å². The van der Waals surface area contributed by atoms with Gasteiger partial charge >= 0.3 is 0 Å². The van der Waals surface area contributed by atoms with Crippen molar-refractivity contribution in [3.63, 3.8) is 0 Å². The van der Waals surface area contributed by atoms with Crippen LogP contribution >= 0.6 is 0 Å².